The van der Waals surface area contributed by atoms with Crippen LogP contribution < -0.4 is 19.9 Å². The molecule has 1 saturated heterocycles. The fourth-order valence-corrected chi connectivity index (χ4v) is 3.03. The highest BCUT2D eigenvalue weighted by Crippen LogP contribution is 2.23. The van der Waals surface area contributed by atoms with Crippen molar-refractivity contribution in [2.24, 2.45) is 5.92 Å². The zero-order chi connectivity index (χ0) is 18.5. The SMILES string of the molecule is COc1ccnc(N2CCC(C(=O)Nc3ccc(N(C)C)cc3)CC2)n1. The molecule has 7 nitrogen and oxygen atoms in total. The summed E-state index contributed by atoms with van der Waals surface area (Å²) in [5, 5.41) is 3.02. The molecule has 0 bridgehead atoms. The van der Waals surface area contributed by atoms with Gasteiger partial charge in [0.05, 0.1) is 7.11 Å². The highest BCUT2D eigenvalue weighted by molar-refractivity contribution is 5.92. The molecule has 1 fully saturated rings. The van der Waals surface area contributed by atoms with Crippen LogP contribution in [0.3, 0.4) is 0 Å². The molecule has 1 aliphatic rings. The number of aromatic nitrogens is 2. The largest absolute Gasteiger partial charge is 0.481 e. The minimum Gasteiger partial charge on any atom is -0.481 e. The zero-order valence-electron chi connectivity index (χ0n) is 15.5. The van der Waals surface area contributed by atoms with Crippen molar-refractivity contribution in [3.63, 3.8) is 0 Å². The van der Waals surface area contributed by atoms with Gasteiger partial charge in [0.2, 0.25) is 17.7 Å². The number of rotatable bonds is 5. The van der Waals surface area contributed by atoms with E-state index in [1.807, 2.05) is 43.3 Å². The van der Waals surface area contributed by atoms with E-state index in [0.717, 1.165) is 37.3 Å². The first kappa shape index (κ1) is 18.0. The second-order valence-electron chi connectivity index (χ2n) is 6.59. The molecule has 0 unspecified atom stereocenters. The van der Waals surface area contributed by atoms with Crippen LogP contribution in [0.4, 0.5) is 17.3 Å². The van der Waals surface area contributed by atoms with E-state index < -0.39 is 0 Å². The number of amides is 1. The van der Waals surface area contributed by atoms with Crippen LogP contribution in [0.25, 0.3) is 0 Å². The molecule has 1 aromatic heterocycles. The molecule has 2 aromatic rings. The van der Waals surface area contributed by atoms with Crippen LogP contribution in [-0.2, 0) is 4.79 Å². The number of nitrogens with zero attached hydrogens (tertiary/aromatic N) is 4. The fourth-order valence-electron chi connectivity index (χ4n) is 3.03. The number of hydrogen-bond donors (Lipinski definition) is 1. The van der Waals surface area contributed by atoms with Crippen molar-refractivity contribution in [3.8, 4) is 5.88 Å². The summed E-state index contributed by atoms with van der Waals surface area (Å²) in [5.41, 5.74) is 1.94. The number of nitrogens with one attached hydrogen (secondary N) is 1. The number of anilines is 3. The first-order valence-corrected chi connectivity index (χ1v) is 8.77. The molecule has 1 N–H and O–H groups in total. The van der Waals surface area contributed by atoms with Crippen molar-refractivity contribution in [1.82, 2.24) is 9.97 Å². The summed E-state index contributed by atoms with van der Waals surface area (Å²) in [4.78, 5) is 25.3. The topological polar surface area (TPSA) is 70.6 Å². The highest BCUT2D eigenvalue weighted by Gasteiger charge is 2.26. The van der Waals surface area contributed by atoms with E-state index in [1.54, 1.807) is 19.4 Å². The van der Waals surface area contributed by atoms with Crippen molar-refractivity contribution >= 4 is 23.2 Å². The zero-order valence-corrected chi connectivity index (χ0v) is 15.5. The monoisotopic (exact) mass is 355 g/mol. The van der Waals surface area contributed by atoms with Crippen molar-refractivity contribution in [3.05, 3.63) is 36.5 Å². The van der Waals surface area contributed by atoms with Gasteiger partial charge in [-0.25, -0.2) is 4.98 Å². The minimum absolute atomic E-state index is 0.00498. The van der Waals surface area contributed by atoms with Crippen molar-refractivity contribution in [2.45, 2.75) is 12.8 Å². The van der Waals surface area contributed by atoms with Crippen LogP contribution in [0, 0.1) is 5.92 Å². The Morgan fingerprint density at radius 1 is 1.19 bits per heavy atom. The van der Waals surface area contributed by atoms with Gasteiger partial charge in [0.1, 0.15) is 0 Å². The molecule has 0 radical (unpaired) electrons. The van der Waals surface area contributed by atoms with E-state index in [0.29, 0.717) is 11.8 Å². The van der Waals surface area contributed by atoms with E-state index in [2.05, 4.69) is 20.2 Å². The molecule has 138 valence electrons. The molecule has 2 heterocycles. The number of carbonyl (C=O) groups is 1. The summed E-state index contributed by atoms with van der Waals surface area (Å²) in [6.45, 7) is 1.51. The molecule has 0 saturated carbocycles. The first-order valence-electron chi connectivity index (χ1n) is 8.77. The van der Waals surface area contributed by atoms with Gasteiger partial charge in [0.15, 0.2) is 0 Å². The third kappa shape index (κ3) is 4.22. The van der Waals surface area contributed by atoms with Gasteiger partial charge < -0.3 is 19.9 Å². The maximum Gasteiger partial charge on any atom is 0.228 e. The predicted octanol–water partition coefficient (Wildman–Crippen LogP) is 2.41. The van der Waals surface area contributed by atoms with E-state index in [1.165, 1.54) is 0 Å². The number of benzene rings is 1. The summed E-state index contributed by atoms with van der Waals surface area (Å²) in [7, 11) is 5.58. The van der Waals surface area contributed by atoms with Crippen LogP contribution >= 0.6 is 0 Å². The number of ether oxygens (including phenoxy) is 1. The van der Waals surface area contributed by atoms with E-state index in [9.17, 15) is 4.79 Å². The molecular weight excluding hydrogens is 330 g/mol. The summed E-state index contributed by atoms with van der Waals surface area (Å²) in [5.74, 6) is 1.29. The molecule has 7 heteroatoms. The van der Waals surface area contributed by atoms with Crippen molar-refractivity contribution in [2.75, 3.05) is 49.4 Å². The number of carbonyl (C=O) groups excluding carboxylic acids is 1. The van der Waals surface area contributed by atoms with Crippen LogP contribution in [-0.4, -0.2) is 50.2 Å². The first-order chi connectivity index (χ1) is 12.6. The molecule has 1 amide bonds. The maximum atomic E-state index is 12.5. The van der Waals surface area contributed by atoms with E-state index >= 15 is 0 Å². The Morgan fingerprint density at radius 3 is 2.50 bits per heavy atom. The average Bonchev–Trinajstić information content (AvgIpc) is 2.68. The lowest BCUT2D eigenvalue weighted by molar-refractivity contribution is -0.120. The highest BCUT2D eigenvalue weighted by atomic mass is 16.5. The molecule has 0 spiro atoms. The van der Waals surface area contributed by atoms with E-state index in [-0.39, 0.29) is 11.8 Å². The van der Waals surface area contributed by atoms with E-state index in [4.69, 9.17) is 4.74 Å². The summed E-state index contributed by atoms with van der Waals surface area (Å²) < 4.78 is 5.15. The third-order valence-corrected chi connectivity index (χ3v) is 4.63. The number of piperidine rings is 1. The Bertz CT molecular complexity index is 740. The Kier molecular flexibility index (Phi) is 5.55. The summed E-state index contributed by atoms with van der Waals surface area (Å²) in [6, 6.07) is 9.60. The summed E-state index contributed by atoms with van der Waals surface area (Å²) in [6.07, 6.45) is 3.25. The van der Waals surface area contributed by atoms with Crippen LogP contribution in [0.5, 0.6) is 5.88 Å². The lowest BCUT2D eigenvalue weighted by Gasteiger charge is -2.31. The normalized spacial score (nSPS) is 14.8. The third-order valence-electron chi connectivity index (χ3n) is 4.63. The molecule has 0 atom stereocenters. The number of methoxy groups -OCH3 is 1. The molecule has 3 rings (SSSR count). The van der Waals surface area contributed by atoms with Gasteiger partial charge in [-0.2, -0.15) is 4.98 Å². The van der Waals surface area contributed by atoms with Crippen molar-refractivity contribution in [1.29, 1.82) is 0 Å². The van der Waals surface area contributed by atoms with Crippen LogP contribution in [0.15, 0.2) is 36.5 Å². The van der Waals surface area contributed by atoms with Crippen LogP contribution in [0.2, 0.25) is 0 Å². The standard InChI is InChI=1S/C19H25N5O2/c1-23(2)16-6-4-15(5-7-16)21-18(25)14-9-12-24(13-10-14)19-20-11-8-17(22-19)26-3/h4-8,11,14H,9-10,12-13H2,1-3H3,(H,21,25). The quantitative estimate of drug-likeness (QED) is 0.888. The average molecular weight is 355 g/mol. The Labute approximate surface area is 154 Å². The maximum absolute atomic E-state index is 12.5. The van der Waals surface area contributed by atoms with Crippen molar-refractivity contribution < 1.29 is 9.53 Å². The van der Waals surface area contributed by atoms with Gasteiger partial charge in [-0.05, 0) is 37.1 Å². The lowest BCUT2D eigenvalue weighted by atomic mass is 9.96. The lowest BCUT2D eigenvalue weighted by Crippen LogP contribution is -2.39. The Hall–Kier alpha value is -2.83. The second kappa shape index (κ2) is 8.03. The number of hydrogen-bond acceptors (Lipinski definition) is 6. The second-order valence-corrected chi connectivity index (χ2v) is 6.59. The smallest absolute Gasteiger partial charge is 0.228 e. The Balaban J connectivity index is 1.54. The fraction of sp³-hybridized carbons (Fsp3) is 0.421. The Morgan fingerprint density at radius 2 is 1.88 bits per heavy atom. The van der Waals surface area contributed by atoms with Gasteiger partial charge in [0, 0.05) is 56.7 Å². The predicted molar refractivity (Wildman–Crippen MR) is 103 cm³/mol. The van der Waals surface area contributed by atoms with Crippen LogP contribution in [0.1, 0.15) is 12.8 Å². The van der Waals surface area contributed by atoms with Gasteiger partial charge in [-0.15, -0.1) is 0 Å². The minimum atomic E-state index is 0.00498. The van der Waals surface area contributed by atoms with Gasteiger partial charge in [0.25, 0.3) is 0 Å². The molecule has 26 heavy (non-hydrogen) atoms. The molecule has 0 aliphatic carbocycles. The van der Waals surface area contributed by atoms with Gasteiger partial charge in [-0.3, -0.25) is 4.79 Å². The van der Waals surface area contributed by atoms with Gasteiger partial charge >= 0.3 is 0 Å². The molecule has 1 aliphatic heterocycles. The molecule has 1 aromatic carbocycles. The van der Waals surface area contributed by atoms with Gasteiger partial charge in [-0.1, -0.05) is 0 Å². The molecular formula is C19H25N5O2. The summed E-state index contributed by atoms with van der Waals surface area (Å²) >= 11 is 0.